The average molecular weight is 508 g/mol. The number of hydrogen-bond donors (Lipinski definition) is 2. The van der Waals surface area contributed by atoms with Crippen molar-refractivity contribution in [3.8, 4) is 0 Å². The molecular formula is C26H26ClN5O4. The van der Waals surface area contributed by atoms with Gasteiger partial charge in [0.2, 0.25) is 0 Å². The highest BCUT2D eigenvalue weighted by atomic mass is 35.5. The van der Waals surface area contributed by atoms with Crippen molar-refractivity contribution >= 4 is 40.4 Å². The van der Waals surface area contributed by atoms with Gasteiger partial charge in [-0.05, 0) is 67.5 Å². The van der Waals surface area contributed by atoms with Gasteiger partial charge >= 0.3 is 6.09 Å². The fourth-order valence-corrected chi connectivity index (χ4v) is 5.60. The fraction of sp³-hybridized carbons (Fsp3) is 0.346. The number of piperazine rings is 1. The highest BCUT2D eigenvalue weighted by Gasteiger charge is 2.31. The van der Waals surface area contributed by atoms with Crippen LogP contribution in [0, 0.1) is 0 Å². The van der Waals surface area contributed by atoms with Crippen molar-refractivity contribution in [1.82, 2.24) is 19.8 Å². The van der Waals surface area contributed by atoms with Gasteiger partial charge in [0.15, 0.2) is 0 Å². The molecule has 2 aromatic heterocycles. The molecular weight excluding hydrogens is 482 g/mol. The molecule has 1 saturated heterocycles. The van der Waals surface area contributed by atoms with Gasteiger partial charge in [0.05, 0.1) is 10.5 Å². The monoisotopic (exact) mass is 507 g/mol. The molecule has 36 heavy (non-hydrogen) atoms. The van der Waals surface area contributed by atoms with Crippen LogP contribution >= 0.6 is 11.6 Å². The Bertz CT molecular complexity index is 1390. The fourth-order valence-electron chi connectivity index (χ4n) is 5.24. The summed E-state index contributed by atoms with van der Waals surface area (Å²) < 4.78 is 0. The SMILES string of the molecule is C[C@H]1CN(C(=O)O)CCN1C(=O)c1ccc2c(Cl)c3c(nc2c1)CC(c1ccnc(C(N)=O)c1)CC3. The second-order valence-corrected chi connectivity index (χ2v) is 9.82. The summed E-state index contributed by atoms with van der Waals surface area (Å²) in [5.41, 5.74) is 9.67. The summed E-state index contributed by atoms with van der Waals surface area (Å²) in [5.74, 6) is -0.564. The molecule has 1 fully saturated rings. The molecule has 186 valence electrons. The number of nitrogens with two attached hydrogens (primary N) is 1. The molecule has 10 heteroatoms. The number of rotatable bonds is 3. The minimum absolute atomic E-state index is 0.149. The molecule has 1 aliphatic heterocycles. The Morgan fingerprint density at radius 1 is 1.17 bits per heavy atom. The summed E-state index contributed by atoms with van der Waals surface area (Å²) in [6.45, 7) is 2.75. The van der Waals surface area contributed by atoms with E-state index in [4.69, 9.17) is 22.3 Å². The topological polar surface area (TPSA) is 130 Å². The molecule has 1 aliphatic carbocycles. The maximum absolute atomic E-state index is 13.3. The van der Waals surface area contributed by atoms with Crippen LogP contribution in [0.15, 0.2) is 36.5 Å². The Morgan fingerprint density at radius 3 is 2.69 bits per heavy atom. The second kappa shape index (κ2) is 9.39. The van der Waals surface area contributed by atoms with Gasteiger partial charge in [-0.1, -0.05) is 17.7 Å². The highest BCUT2D eigenvalue weighted by Crippen LogP contribution is 2.38. The Labute approximate surface area is 212 Å². The van der Waals surface area contributed by atoms with Crippen LogP contribution in [0.25, 0.3) is 10.9 Å². The summed E-state index contributed by atoms with van der Waals surface area (Å²) in [6, 6.07) is 8.76. The first kappa shape index (κ1) is 24.0. The maximum Gasteiger partial charge on any atom is 0.407 e. The van der Waals surface area contributed by atoms with Gasteiger partial charge in [-0.25, -0.2) is 4.79 Å². The first-order valence-corrected chi connectivity index (χ1v) is 12.3. The number of amides is 3. The van der Waals surface area contributed by atoms with E-state index >= 15 is 0 Å². The molecule has 0 bridgehead atoms. The third-order valence-electron chi connectivity index (χ3n) is 7.20. The molecule has 2 atom stereocenters. The standard InChI is InChI=1S/C26H26ClN5O4/c1-14-13-31(26(35)36)8-9-32(14)25(34)17-3-5-19-21(12-17)30-20-10-15(2-4-18(20)23(19)27)16-6-7-29-22(11-16)24(28)33/h3,5-7,11-12,14-15H,2,4,8-10,13H2,1H3,(H2,28,33)(H,35,36)/t14-,15?/m0/s1. The summed E-state index contributed by atoms with van der Waals surface area (Å²) >= 11 is 6.80. The second-order valence-electron chi connectivity index (χ2n) is 9.44. The first-order valence-electron chi connectivity index (χ1n) is 11.9. The van der Waals surface area contributed by atoms with E-state index in [1.165, 1.54) is 4.90 Å². The smallest absolute Gasteiger partial charge is 0.407 e. The minimum atomic E-state index is -0.973. The van der Waals surface area contributed by atoms with E-state index in [1.807, 2.05) is 19.1 Å². The largest absolute Gasteiger partial charge is 0.465 e. The molecule has 0 saturated carbocycles. The Balaban J connectivity index is 1.43. The lowest BCUT2D eigenvalue weighted by Crippen LogP contribution is -2.55. The molecule has 1 unspecified atom stereocenters. The lowest BCUT2D eigenvalue weighted by atomic mass is 9.82. The van der Waals surface area contributed by atoms with Crippen LogP contribution in [0.3, 0.4) is 0 Å². The van der Waals surface area contributed by atoms with E-state index in [2.05, 4.69) is 4.98 Å². The lowest BCUT2D eigenvalue weighted by Gasteiger charge is -2.38. The molecule has 9 nitrogen and oxygen atoms in total. The Kier molecular flexibility index (Phi) is 6.26. The molecule has 0 spiro atoms. The van der Waals surface area contributed by atoms with Crippen molar-refractivity contribution in [2.75, 3.05) is 19.6 Å². The molecule has 3 amide bonds. The number of carboxylic acid groups (broad SMARTS) is 1. The van der Waals surface area contributed by atoms with Crippen molar-refractivity contribution in [1.29, 1.82) is 0 Å². The minimum Gasteiger partial charge on any atom is -0.465 e. The van der Waals surface area contributed by atoms with E-state index in [-0.39, 0.29) is 36.7 Å². The van der Waals surface area contributed by atoms with E-state index in [9.17, 15) is 19.5 Å². The van der Waals surface area contributed by atoms with Gasteiger partial charge < -0.3 is 20.6 Å². The Morgan fingerprint density at radius 2 is 1.97 bits per heavy atom. The van der Waals surface area contributed by atoms with Crippen LogP contribution in [-0.2, 0) is 12.8 Å². The number of fused-ring (bicyclic) bond motifs is 2. The maximum atomic E-state index is 13.3. The van der Waals surface area contributed by atoms with E-state index < -0.39 is 12.0 Å². The number of hydrogen-bond acceptors (Lipinski definition) is 5. The van der Waals surface area contributed by atoms with Gasteiger partial charge in [0.1, 0.15) is 5.69 Å². The van der Waals surface area contributed by atoms with E-state index in [1.54, 1.807) is 29.3 Å². The molecule has 3 heterocycles. The van der Waals surface area contributed by atoms with Crippen LogP contribution in [0.5, 0.6) is 0 Å². The van der Waals surface area contributed by atoms with Gasteiger partial charge in [0.25, 0.3) is 11.8 Å². The number of pyridine rings is 2. The number of benzene rings is 1. The number of halogens is 1. The van der Waals surface area contributed by atoms with Crippen LogP contribution < -0.4 is 5.73 Å². The summed E-state index contributed by atoms with van der Waals surface area (Å²) in [4.78, 5) is 48.1. The van der Waals surface area contributed by atoms with Gasteiger partial charge in [-0.2, -0.15) is 0 Å². The van der Waals surface area contributed by atoms with Crippen LogP contribution in [0.4, 0.5) is 4.79 Å². The van der Waals surface area contributed by atoms with E-state index in [0.29, 0.717) is 29.1 Å². The van der Waals surface area contributed by atoms with Crippen LogP contribution in [-0.4, -0.2) is 68.5 Å². The van der Waals surface area contributed by atoms with E-state index in [0.717, 1.165) is 35.0 Å². The molecule has 3 N–H and O–H groups in total. The molecule has 5 rings (SSSR count). The number of primary amides is 1. The summed E-state index contributed by atoms with van der Waals surface area (Å²) in [7, 11) is 0. The molecule has 1 aromatic carbocycles. The first-order chi connectivity index (χ1) is 17.2. The van der Waals surface area contributed by atoms with Gasteiger partial charge in [-0.3, -0.25) is 19.6 Å². The zero-order valence-corrected chi connectivity index (χ0v) is 20.5. The number of nitrogens with zero attached hydrogens (tertiary/aromatic N) is 4. The number of aromatic nitrogens is 2. The number of carbonyl (C=O) groups is 3. The van der Waals surface area contributed by atoms with Gasteiger partial charge in [-0.15, -0.1) is 0 Å². The van der Waals surface area contributed by atoms with Gasteiger partial charge in [0, 0.05) is 48.5 Å². The summed E-state index contributed by atoms with van der Waals surface area (Å²) in [6.07, 6.45) is 2.89. The predicted octanol–water partition coefficient (Wildman–Crippen LogP) is 3.48. The van der Waals surface area contributed by atoms with Crippen molar-refractivity contribution in [3.05, 3.63) is 69.6 Å². The third kappa shape index (κ3) is 4.35. The molecule has 3 aromatic rings. The highest BCUT2D eigenvalue weighted by molar-refractivity contribution is 6.36. The number of carbonyl (C=O) groups excluding carboxylic acids is 2. The van der Waals surface area contributed by atoms with Crippen LogP contribution in [0.2, 0.25) is 5.02 Å². The zero-order chi connectivity index (χ0) is 25.6. The lowest BCUT2D eigenvalue weighted by molar-refractivity contribution is 0.0484. The zero-order valence-electron chi connectivity index (χ0n) is 19.8. The third-order valence-corrected chi connectivity index (χ3v) is 7.63. The van der Waals surface area contributed by atoms with Crippen molar-refractivity contribution in [2.24, 2.45) is 5.73 Å². The Hall–Kier alpha value is -3.72. The van der Waals surface area contributed by atoms with Crippen molar-refractivity contribution in [2.45, 2.75) is 38.1 Å². The van der Waals surface area contributed by atoms with Crippen molar-refractivity contribution in [3.63, 3.8) is 0 Å². The molecule has 0 radical (unpaired) electrons. The predicted molar refractivity (Wildman–Crippen MR) is 134 cm³/mol. The normalized spacial score (nSPS) is 19.7. The quantitative estimate of drug-likeness (QED) is 0.558. The summed E-state index contributed by atoms with van der Waals surface area (Å²) in [5, 5.41) is 10.7. The average Bonchev–Trinajstić information content (AvgIpc) is 2.87. The van der Waals surface area contributed by atoms with Crippen LogP contribution in [0.1, 0.15) is 56.9 Å². The molecule has 2 aliphatic rings. The van der Waals surface area contributed by atoms with Crippen molar-refractivity contribution < 1.29 is 19.5 Å².